The van der Waals surface area contributed by atoms with E-state index in [9.17, 15) is 0 Å². The van der Waals surface area contributed by atoms with Crippen molar-refractivity contribution >= 4 is 17.2 Å². The van der Waals surface area contributed by atoms with Crippen molar-refractivity contribution < 1.29 is 0 Å². The number of hydrogen-bond acceptors (Lipinski definition) is 0. The van der Waals surface area contributed by atoms with Crippen LogP contribution in [0.5, 0.6) is 0 Å². The molecule has 2 unspecified atom stereocenters. The summed E-state index contributed by atoms with van der Waals surface area (Å²) in [5, 5.41) is 0. The van der Waals surface area contributed by atoms with Crippen LogP contribution in [-0.2, 0) is 0 Å². The second kappa shape index (κ2) is 8.42. The lowest BCUT2D eigenvalue weighted by atomic mass is 10.7. The first-order valence-electron chi connectivity index (χ1n) is 3.22. The molecule has 0 aromatic carbocycles. The van der Waals surface area contributed by atoms with Crippen molar-refractivity contribution in [2.24, 2.45) is 0 Å². The quantitative estimate of drug-likeness (QED) is 0.336. The van der Waals surface area contributed by atoms with Gasteiger partial charge in [0.1, 0.15) is 0 Å². The van der Waals surface area contributed by atoms with Gasteiger partial charge in [0.2, 0.25) is 0 Å². The summed E-state index contributed by atoms with van der Waals surface area (Å²) in [4.78, 5) is 0. The van der Waals surface area contributed by atoms with E-state index in [0.717, 1.165) is 29.5 Å². The first-order valence-corrected chi connectivity index (χ1v) is 6.35. The minimum atomic E-state index is 0.999. The Kier molecular flexibility index (Phi) is 8.81. The van der Waals surface area contributed by atoms with Gasteiger partial charge in [-0.15, -0.1) is 17.2 Å². The molecule has 0 nitrogen and oxygen atoms in total. The van der Waals surface area contributed by atoms with Crippen molar-refractivity contribution in [3.8, 4) is 11.8 Å². The summed E-state index contributed by atoms with van der Waals surface area (Å²) in [5.41, 5.74) is 0. The van der Waals surface area contributed by atoms with Gasteiger partial charge in [-0.25, -0.2) is 0 Å². The zero-order chi connectivity index (χ0) is 6.95. The highest BCUT2D eigenvalue weighted by Crippen LogP contribution is 2.05. The van der Waals surface area contributed by atoms with Crippen molar-refractivity contribution in [3.63, 3.8) is 0 Å². The van der Waals surface area contributed by atoms with Crippen molar-refractivity contribution in [2.75, 3.05) is 25.2 Å². The minimum Gasteiger partial charge on any atom is -0.113 e. The average Bonchev–Trinajstić information content (AvgIpc) is 1.89. The Hall–Kier alpha value is 0.420. The molecule has 0 saturated carbocycles. The van der Waals surface area contributed by atoms with Crippen molar-refractivity contribution in [1.29, 1.82) is 0 Å². The van der Waals surface area contributed by atoms with Gasteiger partial charge in [0.05, 0.1) is 0 Å². The summed E-state index contributed by atoms with van der Waals surface area (Å²) in [7, 11) is 2.05. The average molecular weight is 160 g/mol. The molecule has 0 heterocycles. The van der Waals surface area contributed by atoms with E-state index in [4.69, 9.17) is 0 Å². The van der Waals surface area contributed by atoms with Crippen LogP contribution in [0.3, 0.4) is 0 Å². The van der Waals surface area contributed by atoms with Crippen molar-refractivity contribution in [1.82, 2.24) is 0 Å². The molecule has 0 spiro atoms. The minimum absolute atomic E-state index is 0.999. The van der Waals surface area contributed by atoms with Gasteiger partial charge in [-0.2, -0.15) is 0 Å². The Balaban J connectivity index is 2.96. The second-order valence-electron chi connectivity index (χ2n) is 1.66. The van der Waals surface area contributed by atoms with Crippen LogP contribution >= 0.6 is 17.2 Å². The molecule has 2 atom stereocenters. The monoisotopic (exact) mass is 160 g/mol. The maximum Gasteiger partial charge on any atom is 0.0262 e. The highest BCUT2D eigenvalue weighted by atomic mass is 31.1. The van der Waals surface area contributed by atoms with Gasteiger partial charge in [0, 0.05) is 12.3 Å². The lowest BCUT2D eigenvalue weighted by Gasteiger charge is -1.84. The van der Waals surface area contributed by atoms with E-state index < -0.39 is 0 Å². The molecular formula is C7H14P2. The van der Waals surface area contributed by atoms with Crippen molar-refractivity contribution in [3.05, 3.63) is 0 Å². The fourth-order valence-corrected chi connectivity index (χ4v) is 1.20. The van der Waals surface area contributed by atoms with Crippen LogP contribution in [0.4, 0.5) is 0 Å². The van der Waals surface area contributed by atoms with Crippen LogP contribution in [0.25, 0.3) is 0 Å². The summed E-state index contributed by atoms with van der Waals surface area (Å²) in [6, 6.07) is 0. The molecule has 9 heavy (non-hydrogen) atoms. The summed E-state index contributed by atoms with van der Waals surface area (Å²) in [5.74, 6) is 6.30. The SMILES string of the molecule is CCPCC#CCPC. The smallest absolute Gasteiger partial charge is 0.0262 e. The van der Waals surface area contributed by atoms with E-state index in [1.165, 1.54) is 6.16 Å². The molecule has 0 amide bonds. The van der Waals surface area contributed by atoms with E-state index in [-0.39, 0.29) is 0 Å². The largest absolute Gasteiger partial charge is 0.113 e. The standard InChI is InChI=1S/C7H14P2/c1-3-9-7-5-4-6-8-2/h8-9H,3,6-7H2,1-2H3. The highest BCUT2D eigenvalue weighted by molar-refractivity contribution is 7.38. The first kappa shape index (κ1) is 9.42. The van der Waals surface area contributed by atoms with Crippen LogP contribution in [0.1, 0.15) is 6.92 Å². The van der Waals surface area contributed by atoms with Crippen LogP contribution in [-0.4, -0.2) is 25.2 Å². The third kappa shape index (κ3) is 8.42. The third-order valence-electron chi connectivity index (χ3n) is 0.854. The predicted octanol–water partition coefficient (Wildman–Crippen LogP) is 2.00. The Morgan fingerprint density at radius 2 is 1.89 bits per heavy atom. The number of rotatable bonds is 3. The summed E-state index contributed by atoms with van der Waals surface area (Å²) >= 11 is 0. The lowest BCUT2D eigenvalue weighted by molar-refractivity contribution is 1.51. The Morgan fingerprint density at radius 3 is 2.44 bits per heavy atom. The second-order valence-corrected chi connectivity index (χ2v) is 4.29. The molecule has 0 saturated heterocycles. The van der Waals surface area contributed by atoms with Crippen LogP contribution in [0.2, 0.25) is 0 Å². The van der Waals surface area contributed by atoms with Crippen LogP contribution in [0, 0.1) is 11.8 Å². The van der Waals surface area contributed by atoms with E-state index in [2.05, 4.69) is 25.4 Å². The summed E-state index contributed by atoms with van der Waals surface area (Å²) < 4.78 is 0. The molecule has 0 aliphatic heterocycles. The van der Waals surface area contributed by atoms with Crippen LogP contribution in [0.15, 0.2) is 0 Å². The summed E-state index contributed by atoms with van der Waals surface area (Å²) in [6.45, 7) is 4.40. The fourth-order valence-electron chi connectivity index (χ4n) is 0.401. The van der Waals surface area contributed by atoms with E-state index in [0.29, 0.717) is 0 Å². The predicted molar refractivity (Wildman–Crippen MR) is 50.6 cm³/mol. The topological polar surface area (TPSA) is 0 Å². The Labute approximate surface area is 61.8 Å². The highest BCUT2D eigenvalue weighted by Gasteiger charge is 1.74. The Bertz CT molecular complexity index is 99.2. The molecule has 0 aromatic heterocycles. The van der Waals surface area contributed by atoms with Gasteiger partial charge < -0.3 is 0 Å². The van der Waals surface area contributed by atoms with Gasteiger partial charge >= 0.3 is 0 Å². The van der Waals surface area contributed by atoms with Gasteiger partial charge in [-0.05, 0) is 12.8 Å². The zero-order valence-corrected chi connectivity index (χ0v) is 8.12. The van der Waals surface area contributed by atoms with E-state index >= 15 is 0 Å². The van der Waals surface area contributed by atoms with Gasteiger partial charge in [0.25, 0.3) is 0 Å². The van der Waals surface area contributed by atoms with Crippen molar-refractivity contribution in [2.45, 2.75) is 6.92 Å². The molecule has 0 bridgehead atoms. The molecule has 0 rings (SSSR count). The molecular weight excluding hydrogens is 146 g/mol. The molecule has 2 heteroatoms. The normalized spacial score (nSPS) is 10.9. The molecule has 0 radical (unpaired) electrons. The van der Waals surface area contributed by atoms with Gasteiger partial charge in [-0.3, -0.25) is 0 Å². The Morgan fingerprint density at radius 1 is 1.22 bits per heavy atom. The third-order valence-corrected chi connectivity index (χ3v) is 2.31. The maximum atomic E-state index is 3.16. The molecule has 0 aliphatic carbocycles. The van der Waals surface area contributed by atoms with E-state index in [1.54, 1.807) is 0 Å². The molecule has 0 aromatic rings. The molecule has 0 N–H and O–H groups in total. The van der Waals surface area contributed by atoms with E-state index in [1.807, 2.05) is 0 Å². The first-order chi connectivity index (χ1) is 4.41. The summed E-state index contributed by atoms with van der Waals surface area (Å²) in [6.07, 6.45) is 3.53. The lowest BCUT2D eigenvalue weighted by Crippen LogP contribution is -1.70. The maximum absolute atomic E-state index is 3.16. The molecule has 0 aliphatic rings. The van der Waals surface area contributed by atoms with Gasteiger partial charge in [0.15, 0.2) is 0 Å². The zero-order valence-electron chi connectivity index (χ0n) is 6.12. The molecule has 0 fully saturated rings. The number of hydrogen-bond donors (Lipinski definition) is 0. The van der Waals surface area contributed by atoms with Crippen LogP contribution < -0.4 is 0 Å². The molecule has 52 valence electrons. The fraction of sp³-hybridized carbons (Fsp3) is 0.714. The van der Waals surface area contributed by atoms with Gasteiger partial charge in [-0.1, -0.05) is 18.8 Å².